The summed E-state index contributed by atoms with van der Waals surface area (Å²) in [6, 6.07) is -15.7. The number of carbonyl (C=O) groups excluding carboxylic acids is 15. The van der Waals surface area contributed by atoms with Gasteiger partial charge in [-0.25, -0.2) is 0 Å². The van der Waals surface area contributed by atoms with E-state index in [1.54, 1.807) is 41.5 Å². The Labute approximate surface area is 613 Å². The molecular formula is C68H118N18O19. The number of hydrogen-bond acceptors (Lipinski definition) is 19. The molecule has 0 radical (unpaired) electrons. The molecule has 0 aromatic heterocycles. The number of Topliss-reactive ketones (excluding diaryl/α,β-unsaturated/α-hetero) is 1. The summed E-state index contributed by atoms with van der Waals surface area (Å²) < 4.78 is 0. The Morgan fingerprint density at radius 2 is 1.12 bits per heavy atom. The molecule has 1 heterocycles. The number of primary amides is 2. The van der Waals surface area contributed by atoms with Gasteiger partial charge in [0.05, 0.1) is 18.9 Å². The highest BCUT2D eigenvalue weighted by molar-refractivity contribution is 6.00. The number of unbranched alkanes of at least 4 members (excludes halogenated alkanes) is 2. The van der Waals surface area contributed by atoms with E-state index in [1.807, 2.05) is 13.8 Å². The molecule has 0 saturated carbocycles. The van der Waals surface area contributed by atoms with Crippen molar-refractivity contribution in [2.45, 2.75) is 271 Å². The van der Waals surface area contributed by atoms with Crippen LogP contribution in [0.25, 0.3) is 0 Å². The maximum atomic E-state index is 14.6. The van der Waals surface area contributed by atoms with E-state index in [0.717, 1.165) is 6.92 Å². The molecule has 0 aliphatic carbocycles. The van der Waals surface area contributed by atoms with Crippen molar-refractivity contribution in [3.8, 4) is 0 Å². The quantitative estimate of drug-likeness (QED) is 0.0163. The predicted octanol–water partition coefficient (Wildman–Crippen LogP) is -3.14. The average Bonchev–Trinajstić information content (AvgIpc) is 0.826. The molecule has 0 aromatic carbocycles. The number of aliphatic imine (C=N–C) groups is 1. The van der Waals surface area contributed by atoms with Crippen molar-refractivity contribution < 1.29 is 91.7 Å². The standard InChI is InChI=1S/C68H118N18O19/c1-11-37(7)55(57(71)95)85-67(105)56(38(8)12-2)86-66(104)49(34-54(93)94)83-59(97)41(36(5)6)20-13-14-24-50(88)47(32-35(3)4)82-62(100)42(21-15-17-29-69)79-61(99)44(23-19-31-75-68(72)73)81-65(103)48(33-51(70)89)84-63(101)43-22-16-18-30-74-52(90)27-25-45(77-40(10)87)60(98)76-39(9)58(96)78-46(64(102)80-43)26-28-53(91)92/h35-39,41-49,55-56H,11-34,69H2,1-10H3,(H2,70,89)(H2,71,95)(H,74,90)(H,76,98)(H,77,87)(H,78,96)(H,79,99)(H,80,102)(H,81,103)(H,82,100)(H,83,97)(H,84,101)(H,85,105)(H,86,104)(H,91,92)(H,93,94)(H4,72,73,75)/t37-,38-,39-,41?,42-,43-,44-,45+,46-,47-,48-,49-,55-,56-/m0/s1. The van der Waals surface area contributed by atoms with Crippen molar-refractivity contribution in [3.63, 3.8) is 0 Å². The van der Waals surface area contributed by atoms with Crippen LogP contribution in [0.1, 0.15) is 204 Å². The third-order valence-electron chi connectivity index (χ3n) is 17.8. The molecule has 1 saturated heterocycles. The molecule has 37 nitrogen and oxygen atoms in total. The van der Waals surface area contributed by atoms with Crippen LogP contribution in [-0.4, -0.2) is 203 Å². The van der Waals surface area contributed by atoms with E-state index < -0.39 is 204 Å². The molecular weight excluding hydrogens is 1370 g/mol. The van der Waals surface area contributed by atoms with Crippen LogP contribution in [0.4, 0.5) is 0 Å². The number of carboxylic acids is 2. The number of rotatable bonds is 44. The second-order valence-electron chi connectivity index (χ2n) is 27.6. The van der Waals surface area contributed by atoms with Crippen molar-refractivity contribution in [1.82, 2.24) is 63.8 Å². The summed E-state index contributed by atoms with van der Waals surface area (Å²) >= 11 is 0. The van der Waals surface area contributed by atoms with Crippen LogP contribution in [0, 0.1) is 29.6 Å². The number of carboxylic acid groups (broad SMARTS) is 2. The maximum Gasteiger partial charge on any atom is 0.305 e. The van der Waals surface area contributed by atoms with E-state index >= 15 is 0 Å². The van der Waals surface area contributed by atoms with Gasteiger partial charge in [-0.1, -0.05) is 74.7 Å². The molecule has 1 fully saturated rings. The smallest absolute Gasteiger partial charge is 0.305 e. The number of hydrogen-bond donors (Lipinski definition) is 19. The number of nitrogens with zero attached hydrogens (tertiary/aromatic N) is 1. The van der Waals surface area contributed by atoms with Gasteiger partial charge in [0.25, 0.3) is 0 Å². The first kappa shape index (κ1) is 93.4. The summed E-state index contributed by atoms with van der Waals surface area (Å²) in [7, 11) is 0. The molecule has 14 atom stereocenters. The van der Waals surface area contributed by atoms with Crippen molar-refractivity contribution >= 4 is 106 Å². The number of nitrogens with two attached hydrogens (primary N) is 5. The fourth-order valence-corrected chi connectivity index (χ4v) is 11.3. The number of amides is 14. The zero-order valence-corrected chi connectivity index (χ0v) is 62.4. The number of guanidine groups is 1. The first-order chi connectivity index (χ1) is 49.3. The van der Waals surface area contributed by atoms with Crippen LogP contribution in [0.15, 0.2) is 4.99 Å². The van der Waals surface area contributed by atoms with Crippen molar-refractivity contribution in [3.05, 3.63) is 0 Å². The van der Waals surface area contributed by atoms with Gasteiger partial charge in [0.2, 0.25) is 82.7 Å². The van der Waals surface area contributed by atoms with Crippen molar-refractivity contribution in [2.75, 3.05) is 19.6 Å². The van der Waals surface area contributed by atoms with E-state index in [4.69, 9.17) is 28.7 Å². The summed E-state index contributed by atoms with van der Waals surface area (Å²) in [5, 5.41) is 49.8. The van der Waals surface area contributed by atoms with Crippen LogP contribution < -0.4 is 92.5 Å². The molecule has 1 aliphatic rings. The lowest BCUT2D eigenvalue weighted by Gasteiger charge is -2.29. The van der Waals surface area contributed by atoms with Gasteiger partial charge in [-0.05, 0) is 121 Å². The molecule has 0 aromatic rings. The first-order valence-corrected chi connectivity index (χ1v) is 36.1. The fraction of sp³-hybridized carbons (Fsp3) is 0.735. The molecule has 1 aliphatic heterocycles. The minimum Gasteiger partial charge on any atom is -0.481 e. The molecule has 105 heavy (non-hydrogen) atoms. The lowest BCUT2D eigenvalue weighted by Crippen LogP contribution is -2.60. The predicted molar refractivity (Wildman–Crippen MR) is 384 cm³/mol. The maximum absolute atomic E-state index is 14.6. The third-order valence-corrected chi connectivity index (χ3v) is 17.8. The summed E-state index contributed by atoms with van der Waals surface area (Å²) in [6.45, 7) is 16.6. The highest BCUT2D eigenvalue weighted by Gasteiger charge is 2.38. The number of aliphatic carboxylic acids is 2. The average molecular weight is 1490 g/mol. The molecule has 594 valence electrons. The zero-order valence-electron chi connectivity index (χ0n) is 62.4. The van der Waals surface area contributed by atoms with E-state index in [0.29, 0.717) is 19.3 Å². The summed E-state index contributed by atoms with van der Waals surface area (Å²) in [4.78, 5) is 232. The van der Waals surface area contributed by atoms with Crippen LogP contribution in [0.2, 0.25) is 0 Å². The van der Waals surface area contributed by atoms with Gasteiger partial charge in [-0.3, -0.25) is 86.5 Å². The summed E-state index contributed by atoms with van der Waals surface area (Å²) in [5.74, 6) is -17.9. The van der Waals surface area contributed by atoms with Crippen molar-refractivity contribution in [1.29, 1.82) is 0 Å². The Morgan fingerprint density at radius 1 is 0.571 bits per heavy atom. The van der Waals surface area contributed by atoms with Crippen LogP contribution in [0.5, 0.6) is 0 Å². The minimum atomic E-state index is -1.87. The van der Waals surface area contributed by atoms with Gasteiger partial charge < -0.3 is 103 Å². The minimum absolute atomic E-state index is 0.0150. The number of nitrogens with one attached hydrogen (secondary N) is 12. The molecule has 0 bridgehead atoms. The summed E-state index contributed by atoms with van der Waals surface area (Å²) in [6.07, 6.45) is -1.31. The SMILES string of the molecule is CC[C@H](C)[C@H](NC(=O)[C@@H](NC(=O)[C@H](CC(=O)O)NC(=O)C(CCCCC(=O)[C@H](CC(C)C)NC(=O)[C@H](CCCCN)NC(=O)[C@H](CCCN=C(N)N)NC(=O)[C@H](CC(N)=O)NC(=O)[C@@H]1CCCCNC(=O)CC[C@@H](NC(C)=O)C(=O)N[C@@H](C)C(=O)N[C@@H](CCC(=O)O)C(=O)N1)C(C)C)[C@@H](C)CC)C(N)=O. The number of ketones is 1. The Hall–Kier alpha value is -9.58. The third kappa shape index (κ3) is 37.1. The molecule has 1 rings (SSSR count). The van der Waals surface area contributed by atoms with Crippen LogP contribution in [-0.2, 0) is 81.5 Å². The topological polar surface area (TPSA) is 617 Å². The Balaban J connectivity index is 3.59. The first-order valence-electron chi connectivity index (χ1n) is 36.1. The van der Waals surface area contributed by atoms with Gasteiger partial charge in [0.1, 0.15) is 60.4 Å². The Kier molecular flexibility index (Phi) is 43.8. The Bertz CT molecular complexity index is 3000. The Morgan fingerprint density at radius 3 is 1.67 bits per heavy atom. The van der Waals surface area contributed by atoms with Crippen LogP contribution >= 0.6 is 0 Å². The highest BCUT2D eigenvalue weighted by atomic mass is 16.4. The second kappa shape index (κ2) is 49.2. The van der Waals surface area contributed by atoms with Crippen molar-refractivity contribution in [2.24, 2.45) is 63.3 Å². The van der Waals surface area contributed by atoms with E-state index in [1.165, 1.54) is 6.92 Å². The molecule has 0 spiro atoms. The van der Waals surface area contributed by atoms with Gasteiger partial charge in [0.15, 0.2) is 11.7 Å². The van der Waals surface area contributed by atoms with E-state index in [-0.39, 0.29) is 133 Å². The largest absolute Gasteiger partial charge is 0.481 e. The van der Waals surface area contributed by atoms with Crippen LogP contribution in [0.3, 0.4) is 0 Å². The van der Waals surface area contributed by atoms with Gasteiger partial charge >= 0.3 is 11.9 Å². The van der Waals surface area contributed by atoms with Gasteiger partial charge in [-0.2, -0.15) is 0 Å². The second-order valence-corrected chi connectivity index (χ2v) is 27.6. The summed E-state index contributed by atoms with van der Waals surface area (Å²) in [5.41, 5.74) is 28.1. The lowest BCUT2D eigenvalue weighted by molar-refractivity contribution is -0.142. The number of carbonyl (C=O) groups is 17. The fourth-order valence-electron chi connectivity index (χ4n) is 11.3. The zero-order chi connectivity index (χ0) is 79.8. The van der Waals surface area contributed by atoms with Gasteiger partial charge in [-0.15, -0.1) is 0 Å². The molecule has 14 amide bonds. The molecule has 37 heteroatoms. The van der Waals surface area contributed by atoms with E-state index in [9.17, 15) is 91.7 Å². The van der Waals surface area contributed by atoms with Gasteiger partial charge in [0, 0.05) is 45.2 Å². The van der Waals surface area contributed by atoms with E-state index in [2.05, 4.69) is 68.8 Å². The lowest BCUT2D eigenvalue weighted by atomic mass is 9.88. The highest BCUT2D eigenvalue weighted by Crippen LogP contribution is 2.22. The molecule has 1 unspecified atom stereocenters. The normalized spacial score (nSPS) is 19.0. The molecule has 24 N–H and O–H groups in total. The monoisotopic (exact) mass is 1490 g/mol.